The van der Waals surface area contributed by atoms with Gasteiger partial charge in [-0.1, -0.05) is 6.92 Å². The van der Waals surface area contributed by atoms with Crippen LogP contribution in [0.1, 0.15) is 25.3 Å². The van der Waals surface area contributed by atoms with Crippen LogP contribution in [-0.4, -0.2) is 41.6 Å². The third-order valence-electron chi connectivity index (χ3n) is 3.89. The molecule has 3 heterocycles. The van der Waals surface area contributed by atoms with Crippen molar-refractivity contribution in [2.45, 2.75) is 32.2 Å². The molecule has 0 aliphatic carbocycles. The van der Waals surface area contributed by atoms with Gasteiger partial charge in [0.2, 0.25) is 5.91 Å². The second kappa shape index (κ2) is 8.10. The van der Waals surface area contributed by atoms with Crippen LogP contribution >= 0.6 is 11.3 Å². The van der Waals surface area contributed by atoms with Crippen LogP contribution in [0.25, 0.3) is 0 Å². The highest BCUT2D eigenvalue weighted by Gasteiger charge is 2.27. The van der Waals surface area contributed by atoms with Gasteiger partial charge in [0.05, 0.1) is 13.0 Å². The van der Waals surface area contributed by atoms with E-state index in [1.807, 2.05) is 16.8 Å². The second-order valence-electron chi connectivity index (χ2n) is 5.84. The number of nitrogens with zero attached hydrogens (tertiary/aromatic N) is 3. The third kappa shape index (κ3) is 4.23. The maximum atomic E-state index is 12.1. The van der Waals surface area contributed by atoms with Gasteiger partial charge in [-0.15, -0.1) is 0 Å². The van der Waals surface area contributed by atoms with E-state index in [4.69, 9.17) is 4.74 Å². The first-order valence-corrected chi connectivity index (χ1v) is 9.19. The van der Waals surface area contributed by atoms with Crippen molar-refractivity contribution < 1.29 is 9.53 Å². The van der Waals surface area contributed by atoms with Crippen LogP contribution < -0.4 is 15.0 Å². The van der Waals surface area contributed by atoms with Crippen molar-refractivity contribution in [2.24, 2.45) is 0 Å². The quantitative estimate of drug-likeness (QED) is 0.833. The maximum absolute atomic E-state index is 12.1. The van der Waals surface area contributed by atoms with Crippen LogP contribution in [0.2, 0.25) is 0 Å². The van der Waals surface area contributed by atoms with Gasteiger partial charge in [0.1, 0.15) is 0 Å². The number of amides is 1. The summed E-state index contributed by atoms with van der Waals surface area (Å²) in [4.78, 5) is 23.0. The molecule has 1 aliphatic rings. The van der Waals surface area contributed by atoms with Gasteiger partial charge in [-0.25, -0.2) is 9.97 Å². The zero-order chi connectivity index (χ0) is 16.8. The smallest absolute Gasteiger partial charge is 0.257 e. The van der Waals surface area contributed by atoms with Gasteiger partial charge in [0.25, 0.3) is 5.88 Å². The molecular weight excluding hydrogens is 324 g/mol. The van der Waals surface area contributed by atoms with Gasteiger partial charge in [-0.2, -0.15) is 11.3 Å². The van der Waals surface area contributed by atoms with Gasteiger partial charge in [0, 0.05) is 31.5 Å². The van der Waals surface area contributed by atoms with E-state index in [-0.39, 0.29) is 11.9 Å². The van der Waals surface area contributed by atoms with E-state index in [0.717, 1.165) is 37.3 Å². The molecule has 3 rings (SSSR count). The Morgan fingerprint density at radius 3 is 3.12 bits per heavy atom. The van der Waals surface area contributed by atoms with Crippen molar-refractivity contribution in [2.75, 3.05) is 24.6 Å². The SMILES string of the molecule is CCCOc1nccnc1N1CC[C@@H](NC(=O)Cc2ccsc2)C1. The van der Waals surface area contributed by atoms with Crippen molar-refractivity contribution in [1.82, 2.24) is 15.3 Å². The van der Waals surface area contributed by atoms with E-state index in [2.05, 4.69) is 27.1 Å². The predicted molar refractivity (Wildman–Crippen MR) is 94.6 cm³/mol. The van der Waals surface area contributed by atoms with Crippen LogP contribution in [-0.2, 0) is 11.2 Å². The summed E-state index contributed by atoms with van der Waals surface area (Å²) < 4.78 is 5.68. The average molecular weight is 346 g/mol. The van der Waals surface area contributed by atoms with E-state index in [1.165, 1.54) is 0 Å². The lowest BCUT2D eigenvalue weighted by molar-refractivity contribution is -0.121. The summed E-state index contributed by atoms with van der Waals surface area (Å²) >= 11 is 1.61. The Morgan fingerprint density at radius 2 is 2.33 bits per heavy atom. The van der Waals surface area contributed by atoms with Crippen LogP contribution in [0.5, 0.6) is 5.88 Å². The fourth-order valence-electron chi connectivity index (χ4n) is 2.76. The first-order chi connectivity index (χ1) is 11.8. The van der Waals surface area contributed by atoms with Crippen LogP contribution in [0, 0.1) is 0 Å². The molecule has 0 spiro atoms. The first kappa shape index (κ1) is 16.7. The largest absolute Gasteiger partial charge is 0.475 e. The number of rotatable bonds is 7. The standard InChI is InChI=1S/C17H22N4O2S/c1-2-8-23-17-16(18-5-6-19-17)21-7-3-14(11-21)20-15(22)10-13-4-9-24-12-13/h4-6,9,12,14H,2-3,7-8,10-11H2,1H3,(H,20,22)/t14-/m1/s1. The second-order valence-corrected chi connectivity index (χ2v) is 6.62. The molecule has 0 unspecified atom stereocenters. The van der Waals surface area contributed by atoms with Crippen LogP contribution in [0.15, 0.2) is 29.2 Å². The van der Waals surface area contributed by atoms with E-state index in [0.29, 0.717) is 18.9 Å². The minimum atomic E-state index is 0.0712. The van der Waals surface area contributed by atoms with E-state index < -0.39 is 0 Å². The molecule has 7 heteroatoms. The highest BCUT2D eigenvalue weighted by atomic mass is 32.1. The van der Waals surface area contributed by atoms with Crippen LogP contribution in [0.4, 0.5) is 5.82 Å². The predicted octanol–water partition coefficient (Wildman–Crippen LogP) is 2.26. The van der Waals surface area contributed by atoms with Crippen molar-refractivity contribution in [3.63, 3.8) is 0 Å². The van der Waals surface area contributed by atoms with Gasteiger partial charge in [-0.05, 0) is 35.2 Å². The number of aromatic nitrogens is 2. The minimum absolute atomic E-state index is 0.0712. The van der Waals surface area contributed by atoms with Gasteiger partial charge in [0.15, 0.2) is 5.82 Å². The number of hydrogen-bond donors (Lipinski definition) is 1. The molecule has 2 aromatic heterocycles. The Labute approximate surface area is 145 Å². The molecule has 0 radical (unpaired) electrons. The van der Waals surface area contributed by atoms with Crippen molar-refractivity contribution in [1.29, 1.82) is 0 Å². The molecule has 1 saturated heterocycles. The Bertz CT molecular complexity index is 662. The molecule has 24 heavy (non-hydrogen) atoms. The monoisotopic (exact) mass is 346 g/mol. The molecule has 128 valence electrons. The Morgan fingerprint density at radius 1 is 1.46 bits per heavy atom. The molecule has 2 aromatic rings. The maximum Gasteiger partial charge on any atom is 0.257 e. The van der Waals surface area contributed by atoms with Crippen molar-refractivity contribution >= 4 is 23.1 Å². The first-order valence-electron chi connectivity index (χ1n) is 8.25. The zero-order valence-corrected chi connectivity index (χ0v) is 14.6. The molecule has 0 saturated carbocycles. The summed E-state index contributed by atoms with van der Waals surface area (Å²) in [5.41, 5.74) is 1.07. The minimum Gasteiger partial charge on any atom is -0.475 e. The number of carbonyl (C=O) groups is 1. The number of nitrogens with one attached hydrogen (secondary N) is 1. The highest BCUT2D eigenvalue weighted by Crippen LogP contribution is 2.26. The Balaban J connectivity index is 1.56. The third-order valence-corrected chi connectivity index (χ3v) is 4.62. The normalized spacial score (nSPS) is 17.0. The van der Waals surface area contributed by atoms with E-state index >= 15 is 0 Å². The van der Waals surface area contributed by atoms with Gasteiger partial charge in [-0.3, -0.25) is 4.79 Å². The zero-order valence-electron chi connectivity index (χ0n) is 13.8. The van der Waals surface area contributed by atoms with E-state index in [1.54, 1.807) is 23.7 Å². The summed E-state index contributed by atoms with van der Waals surface area (Å²) in [6.45, 7) is 4.26. The summed E-state index contributed by atoms with van der Waals surface area (Å²) in [6, 6.07) is 2.12. The molecular formula is C17H22N4O2S. The molecule has 1 fully saturated rings. The van der Waals surface area contributed by atoms with Crippen LogP contribution in [0.3, 0.4) is 0 Å². The van der Waals surface area contributed by atoms with Gasteiger partial charge >= 0.3 is 0 Å². The molecule has 1 amide bonds. The molecule has 1 atom stereocenters. The number of carbonyl (C=O) groups excluding carboxylic acids is 1. The van der Waals surface area contributed by atoms with E-state index in [9.17, 15) is 4.79 Å². The summed E-state index contributed by atoms with van der Waals surface area (Å²) in [6.07, 6.45) is 5.59. The van der Waals surface area contributed by atoms with Crippen molar-refractivity contribution in [3.8, 4) is 5.88 Å². The molecule has 1 aliphatic heterocycles. The highest BCUT2D eigenvalue weighted by molar-refractivity contribution is 7.07. The molecule has 0 aromatic carbocycles. The number of anilines is 1. The molecule has 6 nitrogen and oxygen atoms in total. The summed E-state index contributed by atoms with van der Waals surface area (Å²) in [7, 11) is 0. The Kier molecular flexibility index (Phi) is 5.63. The summed E-state index contributed by atoms with van der Waals surface area (Å²) in [5, 5.41) is 7.12. The lowest BCUT2D eigenvalue weighted by Crippen LogP contribution is -2.38. The fourth-order valence-corrected chi connectivity index (χ4v) is 3.43. The summed E-state index contributed by atoms with van der Waals surface area (Å²) in [5.74, 6) is 1.41. The Hall–Kier alpha value is -2.15. The molecule has 1 N–H and O–H groups in total. The lowest BCUT2D eigenvalue weighted by Gasteiger charge is -2.19. The number of ether oxygens (including phenoxy) is 1. The topological polar surface area (TPSA) is 67.4 Å². The average Bonchev–Trinajstić information content (AvgIpc) is 3.25. The fraction of sp³-hybridized carbons (Fsp3) is 0.471. The number of thiophene rings is 1. The number of hydrogen-bond acceptors (Lipinski definition) is 6. The lowest BCUT2D eigenvalue weighted by atomic mass is 10.2. The molecule has 0 bridgehead atoms. The van der Waals surface area contributed by atoms with Crippen molar-refractivity contribution in [3.05, 3.63) is 34.8 Å². The van der Waals surface area contributed by atoms with Gasteiger partial charge < -0.3 is 15.0 Å².